The standard InChI is InChI=1S/C21H37N5O3/c1-7-22-18(23-13-9-11-15-26-14-10-8-12-17(26)27)24-16-21(5,6)25-19(28)29-20(2,3)4/h8,10,12,14H,7,9,11,13,15-16H2,1-6H3,(H,25,28)(H2,22,23,24). The third-order valence-corrected chi connectivity index (χ3v) is 3.83. The largest absolute Gasteiger partial charge is 0.444 e. The van der Waals surface area contributed by atoms with Crippen LogP contribution in [0.5, 0.6) is 0 Å². The number of pyridine rings is 1. The Morgan fingerprint density at radius 1 is 1.14 bits per heavy atom. The summed E-state index contributed by atoms with van der Waals surface area (Å²) >= 11 is 0. The number of carbonyl (C=O) groups is 1. The van der Waals surface area contributed by atoms with Gasteiger partial charge in [-0.25, -0.2) is 4.79 Å². The van der Waals surface area contributed by atoms with Gasteiger partial charge in [0.1, 0.15) is 5.60 Å². The Hall–Kier alpha value is -2.51. The van der Waals surface area contributed by atoms with E-state index in [2.05, 4.69) is 20.9 Å². The van der Waals surface area contributed by atoms with Crippen molar-refractivity contribution in [1.82, 2.24) is 20.5 Å². The Morgan fingerprint density at radius 3 is 2.48 bits per heavy atom. The van der Waals surface area contributed by atoms with Gasteiger partial charge in [-0.05, 0) is 60.5 Å². The zero-order chi connectivity index (χ0) is 21.9. The third-order valence-electron chi connectivity index (χ3n) is 3.83. The van der Waals surface area contributed by atoms with Gasteiger partial charge in [0.15, 0.2) is 5.96 Å². The second-order valence-electron chi connectivity index (χ2n) is 8.57. The van der Waals surface area contributed by atoms with E-state index in [1.807, 2.05) is 47.6 Å². The Kier molecular flexibility index (Phi) is 9.71. The maximum Gasteiger partial charge on any atom is 0.408 e. The van der Waals surface area contributed by atoms with Crippen LogP contribution in [0.2, 0.25) is 0 Å². The summed E-state index contributed by atoms with van der Waals surface area (Å²) in [6.45, 7) is 13.9. The van der Waals surface area contributed by atoms with Gasteiger partial charge in [-0.15, -0.1) is 0 Å². The lowest BCUT2D eigenvalue weighted by Gasteiger charge is -2.27. The van der Waals surface area contributed by atoms with Gasteiger partial charge in [0, 0.05) is 31.9 Å². The minimum Gasteiger partial charge on any atom is -0.444 e. The number of hydrogen-bond donors (Lipinski definition) is 3. The molecule has 0 aliphatic heterocycles. The number of amides is 1. The highest BCUT2D eigenvalue weighted by molar-refractivity contribution is 5.79. The molecule has 0 saturated heterocycles. The smallest absolute Gasteiger partial charge is 0.408 e. The van der Waals surface area contributed by atoms with Gasteiger partial charge in [0.2, 0.25) is 5.56 Å². The summed E-state index contributed by atoms with van der Waals surface area (Å²) in [6, 6.07) is 5.18. The summed E-state index contributed by atoms with van der Waals surface area (Å²) in [5, 5.41) is 9.35. The summed E-state index contributed by atoms with van der Waals surface area (Å²) in [4.78, 5) is 28.3. The molecule has 0 saturated carbocycles. The molecular weight excluding hydrogens is 370 g/mol. The Balaban J connectivity index is 2.45. The number of aromatic nitrogens is 1. The highest BCUT2D eigenvalue weighted by atomic mass is 16.6. The molecule has 0 unspecified atom stereocenters. The van der Waals surface area contributed by atoms with E-state index in [0.717, 1.165) is 25.9 Å². The van der Waals surface area contributed by atoms with E-state index in [9.17, 15) is 9.59 Å². The first-order chi connectivity index (χ1) is 13.5. The van der Waals surface area contributed by atoms with Gasteiger partial charge in [-0.2, -0.15) is 0 Å². The monoisotopic (exact) mass is 407 g/mol. The van der Waals surface area contributed by atoms with Crippen molar-refractivity contribution in [2.45, 2.75) is 72.1 Å². The van der Waals surface area contributed by atoms with Crippen LogP contribution < -0.4 is 21.5 Å². The minimum atomic E-state index is -0.542. The number of nitrogens with one attached hydrogen (secondary N) is 3. The zero-order valence-electron chi connectivity index (χ0n) is 18.7. The van der Waals surface area contributed by atoms with Crippen LogP contribution in [-0.2, 0) is 11.3 Å². The Labute approximate surface area is 174 Å². The molecule has 0 aromatic carbocycles. The van der Waals surface area contributed by atoms with Crippen molar-refractivity contribution in [3.8, 4) is 0 Å². The lowest BCUT2D eigenvalue weighted by molar-refractivity contribution is 0.0476. The number of aryl methyl sites for hydroxylation is 1. The predicted octanol–water partition coefficient (Wildman–Crippen LogP) is 2.49. The highest BCUT2D eigenvalue weighted by Crippen LogP contribution is 2.09. The average molecular weight is 408 g/mol. The first-order valence-corrected chi connectivity index (χ1v) is 10.2. The van der Waals surface area contributed by atoms with E-state index in [1.165, 1.54) is 0 Å². The van der Waals surface area contributed by atoms with Crippen molar-refractivity contribution in [2.75, 3.05) is 19.6 Å². The maximum atomic E-state index is 12.0. The van der Waals surface area contributed by atoms with Crippen molar-refractivity contribution < 1.29 is 9.53 Å². The van der Waals surface area contributed by atoms with Gasteiger partial charge < -0.3 is 25.3 Å². The van der Waals surface area contributed by atoms with Crippen LogP contribution >= 0.6 is 0 Å². The molecule has 1 aromatic rings. The number of hydrogen-bond acceptors (Lipinski definition) is 4. The SMILES string of the molecule is CCNC(=NCC(C)(C)NC(=O)OC(C)(C)C)NCCCCn1ccccc1=O. The van der Waals surface area contributed by atoms with Crippen LogP contribution in [0.15, 0.2) is 34.2 Å². The fourth-order valence-corrected chi connectivity index (χ4v) is 2.50. The molecule has 1 heterocycles. The number of rotatable bonds is 9. The van der Waals surface area contributed by atoms with Crippen LogP contribution in [0.25, 0.3) is 0 Å². The van der Waals surface area contributed by atoms with E-state index in [1.54, 1.807) is 22.9 Å². The van der Waals surface area contributed by atoms with Gasteiger partial charge in [-0.1, -0.05) is 6.07 Å². The molecule has 0 radical (unpaired) electrons. The van der Waals surface area contributed by atoms with Crippen LogP contribution in [0, 0.1) is 0 Å². The molecule has 0 bridgehead atoms. The molecule has 1 aromatic heterocycles. The fourth-order valence-electron chi connectivity index (χ4n) is 2.50. The second-order valence-corrected chi connectivity index (χ2v) is 8.57. The van der Waals surface area contributed by atoms with Crippen LogP contribution in [0.4, 0.5) is 4.79 Å². The molecule has 0 spiro atoms. The van der Waals surface area contributed by atoms with Crippen molar-refractivity contribution in [3.63, 3.8) is 0 Å². The van der Waals surface area contributed by atoms with Crippen LogP contribution in [0.3, 0.4) is 0 Å². The van der Waals surface area contributed by atoms with Gasteiger partial charge in [0.25, 0.3) is 0 Å². The topological polar surface area (TPSA) is 96.8 Å². The molecule has 0 aliphatic carbocycles. The molecule has 3 N–H and O–H groups in total. The van der Waals surface area contributed by atoms with Gasteiger partial charge in [0.05, 0.1) is 12.1 Å². The van der Waals surface area contributed by atoms with E-state index >= 15 is 0 Å². The lowest BCUT2D eigenvalue weighted by atomic mass is 10.1. The predicted molar refractivity (Wildman–Crippen MR) is 117 cm³/mol. The van der Waals surface area contributed by atoms with Gasteiger partial charge >= 0.3 is 6.09 Å². The molecule has 8 heteroatoms. The molecule has 164 valence electrons. The summed E-state index contributed by atoms with van der Waals surface area (Å²) in [7, 11) is 0. The number of guanidine groups is 1. The minimum absolute atomic E-state index is 0.0232. The second kappa shape index (κ2) is 11.5. The van der Waals surface area contributed by atoms with Crippen molar-refractivity contribution in [2.24, 2.45) is 4.99 Å². The maximum absolute atomic E-state index is 12.0. The van der Waals surface area contributed by atoms with Crippen molar-refractivity contribution >= 4 is 12.1 Å². The van der Waals surface area contributed by atoms with E-state index in [-0.39, 0.29) is 5.56 Å². The number of carbonyl (C=O) groups excluding carboxylic acids is 1. The number of ether oxygens (including phenoxy) is 1. The number of alkyl carbamates (subject to hydrolysis) is 1. The molecule has 0 atom stereocenters. The summed E-state index contributed by atoms with van der Waals surface area (Å²) < 4.78 is 7.02. The number of aliphatic imine (C=N–C) groups is 1. The van der Waals surface area contributed by atoms with E-state index in [0.29, 0.717) is 19.0 Å². The summed E-state index contributed by atoms with van der Waals surface area (Å²) in [5.41, 5.74) is -1.06. The summed E-state index contributed by atoms with van der Waals surface area (Å²) in [5.74, 6) is 0.698. The molecule has 1 rings (SSSR count). The number of nitrogens with zero attached hydrogens (tertiary/aromatic N) is 2. The fraction of sp³-hybridized carbons (Fsp3) is 0.667. The number of unbranched alkanes of at least 4 members (excludes halogenated alkanes) is 1. The molecule has 1 amide bonds. The first-order valence-electron chi connectivity index (χ1n) is 10.2. The van der Waals surface area contributed by atoms with Crippen LogP contribution in [0.1, 0.15) is 54.4 Å². The van der Waals surface area contributed by atoms with E-state index in [4.69, 9.17) is 4.74 Å². The molecular formula is C21H37N5O3. The van der Waals surface area contributed by atoms with E-state index < -0.39 is 17.2 Å². The van der Waals surface area contributed by atoms with Crippen molar-refractivity contribution in [1.29, 1.82) is 0 Å². The highest BCUT2D eigenvalue weighted by Gasteiger charge is 2.24. The quantitative estimate of drug-likeness (QED) is 0.332. The molecule has 0 fully saturated rings. The Bertz CT molecular complexity index is 720. The van der Waals surface area contributed by atoms with Crippen LogP contribution in [-0.4, -0.2) is 47.4 Å². The Morgan fingerprint density at radius 2 is 1.86 bits per heavy atom. The van der Waals surface area contributed by atoms with Gasteiger partial charge in [-0.3, -0.25) is 9.79 Å². The average Bonchev–Trinajstić information content (AvgIpc) is 2.58. The molecule has 0 aliphatic rings. The molecule has 8 nitrogen and oxygen atoms in total. The lowest BCUT2D eigenvalue weighted by Crippen LogP contribution is -2.49. The third kappa shape index (κ3) is 11.2. The summed E-state index contributed by atoms with van der Waals surface area (Å²) in [6.07, 6.45) is 3.15. The first kappa shape index (κ1) is 24.5. The van der Waals surface area contributed by atoms with Crippen molar-refractivity contribution in [3.05, 3.63) is 34.7 Å². The zero-order valence-corrected chi connectivity index (χ0v) is 18.7. The molecule has 29 heavy (non-hydrogen) atoms. The normalized spacial score (nSPS) is 12.4.